The molecule has 1 aliphatic rings. The molecular weight excluding hydrogens is 656 g/mol. The number of primary amides is 1. The van der Waals surface area contributed by atoms with Crippen LogP contribution >= 0.6 is 0 Å². The molecule has 0 saturated carbocycles. The number of fused-ring (bicyclic) bond motifs is 1. The third-order valence-electron chi connectivity index (χ3n) is 8.21. The first-order valence-electron chi connectivity index (χ1n) is 15.6. The van der Waals surface area contributed by atoms with E-state index in [2.05, 4.69) is 5.32 Å². The number of aromatic hydroxyl groups is 2. The standard InChI is InChI=1S/C35H40N2O13/c1-16(2)7-8-19-14-20(9-11-23(19)40)31(43)37-26-27(42)21-10-12-24(18(4)28(21)48-32(26)44)46-33-30(47-25(41)13-17(3)39)29(49-34(36)45)22(15-38)35(5,6)50-33/h7,9-12,14,22,29-30,33,38,40,42H,8,13,15H2,1-6H3,(H2,36,45)(H,37,43). The van der Waals surface area contributed by atoms with Gasteiger partial charge in [0, 0.05) is 11.1 Å². The molecule has 6 N–H and O–H groups in total. The van der Waals surface area contributed by atoms with E-state index in [1.807, 2.05) is 19.9 Å². The number of phenols is 1. The number of carbonyl (C=O) groups excluding carboxylic acids is 4. The number of nitrogens with one attached hydrogen (secondary N) is 1. The van der Waals surface area contributed by atoms with E-state index >= 15 is 0 Å². The maximum atomic E-state index is 13.1. The Hall–Kier alpha value is -5.41. The van der Waals surface area contributed by atoms with Gasteiger partial charge in [0.05, 0.1) is 23.5 Å². The Morgan fingerprint density at radius 3 is 2.36 bits per heavy atom. The second-order valence-electron chi connectivity index (χ2n) is 12.7. The second kappa shape index (κ2) is 15.0. The highest BCUT2D eigenvalue weighted by Gasteiger charge is 2.54. The third-order valence-corrected chi connectivity index (χ3v) is 8.21. The molecule has 1 fully saturated rings. The highest BCUT2D eigenvalue weighted by atomic mass is 16.7. The number of aryl methyl sites for hydroxylation is 1. The Kier molecular flexibility index (Phi) is 11.2. The number of phenolic OH excluding ortho intramolecular Hbond substituents is 1. The summed E-state index contributed by atoms with van der Waals surface area (Å²) in [5.41, 5.74) is 4.14. The van der Waals surface area contributed by atoms with Gasteiger partial charge in [-0.15, -0.1) is 0 Å². The molecule has 3 aromatic rings. The number of rotatable bonds is 11. The molecule has 4 rings (SSSR count). The molecule has 15 heteroatoms. The van der Waals surface area contributed by atoms with E-state index in [0.29, 0.717) is 12.0 Å². The normalized spacial score (nSPS) is 19.7. The molecule has 0 spiro atoms. The fourth-order valence-electron chi connectivity index (χ4n) is 5.57. The first kappa shape index (κ1) is 37.4. The van der Waals surface area contributed by atoms with E-state index in [4.69, 9.17) is 29.1 Å². The van der Waals surface area contributed by atoms with Crippen molar-refractivity contribution in [2.75, 3.05) is 11.9 Å². The molecule has 15 nitrogen and oxygen atoms in total. The van der Waals surface area contributed by atoms with Crippen LogP contribution in [0.1, 0.15) is 62.5 Å². The highest BCUT2D eigenvalue weighted by Crippen LogP contribution is 2.41. The molecular formula is C35H40N2O13. The number of ketones is 1. The monoisotopic (exact) mass is 696 g/mol. The predicted octanol–water partition coefficient (Wildman–Crippen LogP) is 3.75. The predicted molar refractivity (Wildman–Crippen MR) is 178 cm³/mol. The molecule has 2 amide bonds. The summed E-state index contributed by atoms with van der Waals surface area (Å²) in [6.07, 6.45) is -3.98. The summed E-state index contributed by atoms with van der Waals surface area (Å²) in [6.45, 7) is 9.06. The van der Waals surface area contributed by atoms with Crippen molar-refractivity contribution in [3.8, 4) is 17.2 Å². The summed E-state index contributed by atoms with van der Waals surface area (Å²) in [4.78, 5) is 62.3. The van der Waals surface area contributed by atoms with Crippen molar-refractivity contribution in [1.82, 2.24) is 0 Å². The van der Waals surface area contributed by atoms with Crippen molar-refractivity contribution in [2.45, 2.75) is 78.5 Å². The lowest BCUT2D eigenvalue weighted by Gasteiger charge is -2.48. The zero-order valence-corrected chi connectivity index (χ0v) is 28.4. The zero-order chi connectivity index (χ0) is 37.1. The van der Waals surface area contributed by atoms with Gasteiger partial charge in [0.15, 0.2) is 17.5 Å². The van der Waals surface area contributed by atoms with Gasteiger partial charge >= 0.3 is 17.7 Å². The van der Waals surface area contributed by atoms with Gasteiger partial charge in [0.1, 0.15) is 29.3 Å². The SMILES string of the molecule is CC(=O)CC(=O)OC1C(Oc2ccc3c(O)c(NC(=O)c4ccc(O)c(CC=C(C)C)c4)c(=O)oc3c2C)OC(C)(C)C(CO)C1OC(N)=O. The van der Waals surface area contributed by atoms with E-state index < -0.39 is 83.9 Å². The van der Waals surface area contributed by atoms with Gasteiger partial charge in [-0.05, 0) is 83.9 Å². The number of benzene rings is 2. The van der Waals surface area contributed by atoms with Crippen molar-refractivity contribution in [3.05, 3.63) is 69.1 Å². The molecule has 1 aliphatic heterocycles. The van der Waals surface area contributed by atoms with Crippen molar-refractivity contribution in [2.24, 2.45) is 11.7 Å². The van der Waals surface area contributed by atoms with Gasteiger partial charge in [0.25, 0.3) is 5.91 Å². The molecule has 0 bridgehead atoms. The van der Waals surface area contributed by atoms with E-state index in [0.717, 1.165) is 5.57 Å². The molecule has 4 unspecified atom stereocenters. The number of hydrogen-bond acceptors (Lipinski definition) is 13. The Morgan fingerprint density at radius 2 is 1.74 bits per heavy atom. The molecule has 0 radical (unpaired) electrons. The van der Waals surface area contributed by atoms with Crippen LogP contribution in [0.5, 0.6) is 17.2 Å². The first-order valence-corrected chi connectivity index (χ1v) is 15.6. The van der Waals surface area contributed by atoms with Crippen molar-refractivity contribution in [3.63, 3.8) is 0 Å². The largest absolute Gasteiger partial charge is 0.508 e. The van der Waals surface area contributed by atoms with Gasteiger partial charge < -0.3 is 49.7 Å². The Bertz CT molecular complexity index is 1910. The minimum Gasteiger partial charge on any atom is -0.508 e. The number of carbonyl (C=O) groups is 4. The summed E-state index contributed by atoms with van der Waals surface area (Å²) >= 11 is 0. The number of ether oxygens (including phenoxy) is 4. The third kappa shape index (κ3) is 8.23. The number of aliphatic hydroxyl groups excluding tert-OH is 1. The molecule has 1 aromatic heterocycles. The lowest BCUT2D eigenvalue weighted by molar-refractivity contribution is -0.294. The van der Waals surface area contributed by atoms with Crippen molar-refractivity contribution in [1.29, 1.82) is 0 Å². The molecule has 2 aromatic carbocycles. The Morgan fingerprint density at radius 1 is 1.04 bits per heavy atom. The maximum absolute atomic E-state index is 13.1. The van der Waals surface area contributed by atoms with Crippen LogP contribution < -0.4 is 21.4 Å². The van der Waals surface area contributed by atoms with E-state index in [1.54, 1.807) is 13.8 Å². The topological polar surface area (TPSA) is 234 Å². The minimum atomic E-state index is -1.52. The van der Waals surface area contributed by atoms with Crippen LogP contribution in [0.2, 0.25) is 0 Å². The number of esters is 1. The van der Waals surface area contributed by atoms with Crippen LogP contribution in [0.25, 0.3) is 11.0 Å². The lowest BCUT2D eigenvalue weighted by atomic mass is 9.81. The van der Waals surface area contributed by atoms with Gasteiger partial charge in [0.2, 0.25) is 12.4 Å². The lowest BCUT2D eigenvalue weighted by Crippen LogP contribution is -2.63. The number of amides is 2. The van der Waals surface area contributed by atoms with Crippen LogP contribution in [0.3, 0.4) is 0 Å². The number of hydrogen-bond donors (Lipinski definition) is 5. The van der Waals surface area contributed by atoms with Gasteiger partial charge in [-0.25, -0.2) is 9.59 Å². The van der Waals surface area contributed by atoms with E-state index in [1.165, 1.54) is 44.2 Å². The summed E-state index contributed by atoms with van der Waals surface area (Å²) in [6, 6.07) is 6.94. The van der Waals surface area contributed by atoms with Gasteiger partial charge in [-0.3, -0.25) is 14.4 Å². The number of aliphatic hydroxyl groups is 1. The fraction of sp³-hybridized carbons (Fsp3) is 0.400. The molecule has 0 aliphatic carbocycles. The van der Waals surface area contributed by atoms with Gasteiger partial charge in [-0.2, -0.15) is 0 Å². The summed E-state index contributed by atoms with van der Waals surface area (Å²) in [5.74, 6) is -3.74. The molecule has 268 valence electrons. The van der Waals surface area contributed by atoms with Crippen LogP contribution in [0.4, 0.5) is 10.5 Å². The number of Topliss-reactive ketones (excluding diaryl/α,β-unsaturated/α-hetero) is 1. The Labute approximate surface area is 286 Å². The van der Waals surface area contributed by atoms with Gasteiger partial charge in [-0.1, -0.05) is 11.6 Å². The maximum Gasteiger partial charge on any atom is 0.404 e. The van der Waals surface area contributed by atoms with E-state index in [9.17, 15) is 39.3 Å². The fourth-order valence-corrected chi connectivity index (χ4v) is 5.57. The number of anilines is 1. The first-order chi connectivity index (χ1) is 23.4. The number of nitrogens with two attached hydrogens (primary N) is 1. The molecule has 1 saturated heterocycles. The quantitative estimate of drug-likeness (QED) is 0.0833. The summed E-state index contributed by atoms with van der Waals surface area (Å²) in [7, 11) is 0. The zero-order valence-electron chi connectivity index (χ0n) is 28.4. The van der Waals surface area contributed by atoms with Crippen LogP contribution in [0, 0.1) is 12.8 Å². The van der Waals surface area contributed by atoms with Crippen LogP contribution in [-0.4, -0.2) is 69.8 Å². The molecule has 50 heavy (non-hydrogen) atoms. The van der Waals surface area contributed by atoms with Crippen LogP contribution in [-0.2, 0) is 30.2 Å². The average molecular weight is 697 g/mol. The Balaban J connectivity index is 1.69. The molecule has 4 atom stereocenters. The second-order valence-corrected chi connectivity index (χ2v) is 12.7. The summed E-state index contributed by atoms with van der Waals surface area (Å²) in [5, 5.41) is 33.9. The van der Waals surface area contributed by atoms with Crippen molar-refractivity contribution >= 4 is 40.4 Å². The van der Waals surface area contributed by atoms with E-state index in [-0.39, 0.29) is 33.6 Å². The average Bonchev–Trinajstić information content (AvgIpc) is 3.01. The minimum absolute atomic E-state index is 0.00696. The van der Waals surface area contributed by atoms with Crippen LogP contribution in [0.15, 0.2) is 51.2 Å². The summed E-state index contributed by atoms with van der Waals surface area (Å²) < 4.78 is 28.5. The molecule has 2 heterocycles. The van der Waals surface area contributed by atoms with Crippen molar-refractivity contribution < 1.29 is 57.9 Å². The highest BCUT2D eigenvalue weighted by molar-refractivity contribution is 6.06. The smallest absolute Gasteiger partial charge is 0.404 e. The number of allylic oxidation sites excluding steroid dienone is 2.